The first-order valence-corrected chi connectivity index (χ1v) is 10.5. The molecule has 2 aromatic heterocycles. The van der Waals surface area contributed by atoms with Crippen LogP contribution in [0.2, 0.25) is 0 Å². The summed E-state index contributed by atoms with van der Waals surface area (Å²) in [6.45, 7) is 11.5. The summed E-state index contributed by atoms with van der Waals surface area (Å²) in [5.41, 5.74) is 1.10. The van der Waals surface area contributed by atoms with Crippen LogP contribution in [0.25, 0.3) is 5.82 Å². The second-order valence-corrected chi connectivity index (χ2v) is 7.58. The maximum absolute atomic E-state index is 5.50. The summed E-state index contributed by atoms with van der Waals surface area (Å²) < 4.78 is 7.48. The molecule has 0 amide bonds. The predicted octanol–water partition coefficient (Wildman–Crippen LogP) is 1.45. The lowest BCUT2D eigenvalue weighted by atomic mass is 10.2. The van der Waals surface area contributed by atoms with Gasteiger partial charge in [0.05, 0.1) is 19.8 Å². The Hall–Kier alpha value is -2.45. The van der Waals surface area contributed by atoms with Crippen LogP contribution in [0, 0.1) is 6.92 Å². The van der Waals surface area contributed by atoms with Crippen LogP contribution in [0.3, 0.4) is 0 Å². The Kier molecular flexibility index (Phi) is 6.41. The van der Waals surface area contributed by atoms with Crippen LogP contribution in [-0.4, -0.2) is 82.3 Å². The Labute approximate surface area is 172 Å². The molecular weight excluding hydrogens is 366 g/mol. The van der Waals surface area contributed by atoms with Crippen molar-refractivity contribution >= 4 is 5.96 Å². The second kappa shape index (κ2) is 9.37. The van der Waals surface area contributed by atoms with Crippen molar-refractivity contribution < 1.29 is 4.74 Å². The number of nitrogens with zero attached hydrogens (tertiary/aromatic N) is 6. The van der Waals surface area contributed by atoms with E-state index in [4.69, 9.17) is 9.73 Å². The highest BCUT2D eigenvalue weighted by atomic mass is 16.5. The lowest BCUT2D eigenvalue weighted by molar-refractivity contribution is 0.0195. The maximum Gasteiger partial charge on any atom is 0.194 e. The second-order valence-electron chi connectivity index (χ2n) is 7.58. The molecule has 0 radical (unpaired) electrons. The van der Waals surface area contributed by atoms with Gasteiger partial charge < -0.3 is 15.0 Å². The summed E-state index contributed by atoms with van der Waals surface area (Å²) in [4.78, 5) is 18.7. The summed E-state index contributed by atoms with van der Waals surface area (Å²) in [6, 6.07) is 4.72. The first-order chi connectivity index (χ1) is 14.2. The summed E-state index contributed by atoms with van der Waals surface area (Å²) >= 11 is 0. The van der Waals surface area contributed by atoms with Crippen molar-refractivity contribution in [2.75, 3.05) is 45.9 Å². The summed E-state index contributed by atoms with van der Waals surface area (Å²) in [6.07, 6.45) is 6.81. The van der Waals surface area contributed by atoms with Gasteiger partial charge in [-0.05, 0) is 31.9 Å². The third kappa shape index (κ3) is 4.76. The van der Waals surface area contributed by atoms with Gasteiger partial charge in [-0.3, -0.25) is 9.47 Å². The van der Waals surface area contributed by atoms with Gasteiger partial charge in [0.15, 0.2) is 5.96 Å². The van der Waals surface area contributed by atoms with Crippen molar-refractivity contribution in [3.8, 4) is 5.82 Å². The summed E-state index contributed by atoms with van der Waals surface area (Å²) in [5, 5.41) is 3.46. The maximum atomic E-state index is 5.50. The van der Waals surface area contributed by atoms with E-state index in [1.54, 1.807) is 6.20 Å². The summed E-state index contributed by atoms with van der Waals surface area (Å²) in [7, 11) is 0. The molecule has 8 nitrogen and oxygen atoms in total. The molecule has 4 rings (SSSR count). The van der Waals surface area contributed by atoms with Crippen LogP contribution in [0.4, 0.5) is 0 Å². The monoisotopic (exact) mass is 397 g/mol. The molecule has 0 aromatic carbocycles. The number of morpholine rings is 1. The molecule has 2 aliphatic rings. The quantitative estimate of drug-likeness (QED) is 0.608. The first-order valence-electron chi connectivity index (χ1n) is 10.5. The van der Waals surface area contributed by atoms with E-state index in [9.17, 15) is 0 Å². The number of ether oxygens (including phenoxy) is 1. The highest BCUT2D eigenvalue weighted by Gasteiger charge is 2.30. The van der Waals surface area contributed by atoms with Crippen LogP contribution in [0.15, 0.2) is 35.7 Å². The Morgan fingerprint density at radius 3 is 2.79 bits per heavy atom. The molecule has 156 valence electrons. The minimum Gasteiger partial charge on any atom is -0.379 e. The average molecular weight is 398 g/mol. The lowest BCUT2D eigenvalue weighted by Crippen LogP contribution is -2.46. The van der Waals surface area contributed by atoms with Crippen molar-refractivity contribution in [3.63, 3.8) is 0 Å². The standard InChI is InChI=1S/C21H31N7O/c1-3-22-21(27-8-6-19(16-27)26-10-12-29-13-11-26)25-15-18-4-5-20(24-14-18)28-9-7-23-17(28)2/h4-5,7,9,14,19H,3,6,8,10-13,15-16H2,1-2H3,(H,22,25). The predicted molar refractivity (Wildman–Crippen MR) is 113 cm³/mol. The van der Waals surface area contributed by atoms with Crippen molar-refractivity contribution in [1.29, 1.82) is 0 Å². The number of hydrogen-bond donors (Lipinski definition) is 1. The minimum atomic E-state index is 0.599. The van der Waals surface area contributed by atoms with Gasteiger partial charge in [0.2, 0.25) is 0 Å². The SMILES string of the molecule is CCNC(=NCc1ccc(-n2ccnc2C)nc1)N1CCC(N2CCOCC2)C1. The van der Waals surface area contributed by atoms with E-state index in [1.165, 1.54) is 6.42 Å². The van der Waals surface area contributed by atoms with E-state index < -0.39 is 0 Å². The zero-order valence-corrected chi connectivity index (χ0v) is 17.4. The van der Waals surface area contributed by atoms with Crippen molar-refractivity contribution in [1.82, 2.24) is 29.7 Å². The fourth-order valence-electron chi connectivity index (χ4n) is 4.04. The van der Waals surface area contributed by atoms with Crippen LogP contribution in [0.1, 0.15) is 24.7 Å². The molecule has 1 atom stereocenters. The Morgan fingerprint density at radius 1 is 1.24 bits per heavy atom. The topological polar surface area (TPSA) is 70.8 Å². The van der Waals surface area contributed by atoms with Crippen molar-refractivity contribution in [3.05, 3.63) is 42.1 Å². The third-order valence-electron chi connectivity index (χ3n) is 5.65. The number of pyridine rings is 1. The van der Waals surface area contributed by atoms with Crippen LogP contribution < -0.4 is 5.32 Å². The van der Waals surface area contributed by atoms with Gasteiger partial charge in [0, 0.05) is 57.4 Å². The fourth-order valence-corrected chi connectivity index (χ4v) is 4.04. The average Bonchev–Trinajstić information content (AvgIpc) is 3.42. The molecule has 1 unspecified atom stereocenters. The molecule has 0 bridgehead atoms. The molecule has 2 saturated heterocycles. The van der Waals surface area contributed by atoms with E-state index in [0.29, 0.717) is 12.6 Å². The number of imidazole rings is 1. The fraction of sp³-hybridized carbons (Fsp3) is 0.571. The van der Waals surface area contributed by atoms with Crippen molar-refractivity contribution in [2.45, 2.75) is 32.9 Å². The van der Waals surface area contributed by atoms with E-state index in [2.05, 4.69) is 38.1 Å². The smallest absolute Gasteiger partial charge is 0.194 e. The number of aryl methyl sites for hydroxylation is 1. The van der Waals surface area contributed by atoms with Gasteiger partial charge in [-0.25, -0.2) is 15.0 Å². The number of likely N-dealkylation sites (tertiary alicyclic amines) is 1. The molecule has 1 N–H and O–H groups in total. The molecular formula is C21H31N7O. The molecule has 2 fully saturated rings. The van der Waals surface area contributed by atoms with Gasteiger partial charge >= 0.3 is 0 Å². The molecule has 0 saturated carbocycles. The van der Waals surface area contributed by atoms with E-state index >= 15 is 0 Å². The molecule has 4 heterocycles. The molecule has 8 heteroatoms. The van der Waals surface area contributed by atoms with E-state index in [-0.39, 0.29) is 0 Å². The first kappa shape index (κ1) is 19.8. The largest absolute Gasteiger partial charge is 0.379 e. The number of rotatable bonds is 5. The number of aliphatic imine (C=N–C) groups is 1. The van der Waals surface area contributed by atoms with Crippen LogP contribution >= 0.6 is 0 Å². The Morgan fingerprint density at radius 2 is 2.10 bits per heavy atom. The van der Waals surface area contributed by atoms with Gasteiger partial charge in [-0.1, -0.05) is 6.07 Å². The molecule has 29 heavy (non-hydrogen) atoms. The van der Waals surface area contributed by atoms with Gasteiger partial charge in [0.1, 0.15) is 11.6 Å². The third-order valence-corrected chi connectivity index (χ3v) is 5.65. The van der Waals surface area contributed by atoms with Crippen LogP contribution in [-0.2, 0) is 11.3 Å². The number of guanidine groups is 1. The molecule has 0 aliphatic carbocycles. The number of hydrogen-bond acceptors (Lipinski definition) is 5. The Bertz CT molecular complexity index is 811. The van der Waals surface area contributed by atoms with Gasteiger partial charge in [0.25, 0.3) is 0 Å². The van der Waals surface area contributed by atoms with Gasteiger partial charge in [-0.2, -0.15) is 0 Å². The molecule has 0 spiro atoms. The van der Waals surface area contributed by atoms with Gasteiger partial charge in [-0.15, -0.1) is 0 Å². The molecule has 2 aliphatic heterocycles. The minimum absolute atomic E-state index is 0.599. The highest BCUT2D eigenvalue weighted by molar-refractivity contribution is 5.80. The zero-order chi connectivity index (χ0) is 20.1. The number of aromatic nitrogens is 3. The highest BCUT2D eigenvalue weighted by Crippen LogP contribution is 2.17. The molecule has 2 aromatic rings. The van der Waals surface area contributed by atoms with Crippen LogP contribution in [0.5, 0.6) is 0 Å². The normalized spacial score (nSPS) is 21.0. The van der Waals surface area contributed by atoms with E-state index in [0.717, 1.165) is 69.1 Å². The number of nitrogens with one attached hydrogen (secondary N) is 1. The van der Waals surface area contributed by atoms with Crippen molar-refractivity contribution in [2.24, 2.45) is 4.99 Å². The Balaban J connectivity index is 1.39. The summed E-state index contributed by atoms with van der Waals surface area (Å²) in [5.74, 6) is 2.81. The zero-order valence-electron chi connectivity index (χ0n) is 17.4. The lowest BCUT2D eigenvalue weighted by Gasteiger charge is -2.32. The van der Waals surface area contributed by atoms with E-state index in [1.807, 2.05) is 30.0 Å².